The Kier molecular flexibility index (Phi) is 5.15. The largest absolute Gasteiger partial charge is 0.347 e. The number of carbonyl (C=O) groups excluding carboxylic acids is 1. The van der Waals surface area contributed by atoms with Crippen LogP contribution in [-0.2, 0) is 0 Å². The molecule has 0 radical (unpaired) electrons. The molecule has 1 atom stereocenters. The van der Waals surface area contributed by atoms with Crippen LogP contribution in [0, 0.1) is 5.82 Å². The summed E-state index contributed by atoms with van der Waals surface area (Å²) in [5.74, 6) is -0.426. The highest BCUT2D eigenvalue weighted by atomic mass is 32.1. The van der Waals surface area contributed by atoms with E-state index in [9.17, 15) is 9.18 Å². The zero-order chi connectivity index (χ0) is 18.0. The third-order valence-electron chi connectivity index (χ3n) is 3.98. The van der Waals surface area contributed by atoms with Gasteiger partial charge in [0.1, 0.15) is 11.5 Å². The topological polar surface area (TPSA) is 49.6 Å². The van der Waals surface area contributed by atoms with Gasteiger partial charge in [0.25, 0.3) is 5.91 Å². The number of nitrogens with zero attached hydrogens (tertiary/aromatic N) is 3. The number of rotatable bonds is 6. The molecule has 0 bridgehead atoms. The summed E-state index contributed by atoms with van der Waals surface area (Å²) in [4.78, 5) is 19.9. The van der Waals surface area contributed by atoms with Gasteiger partial charge in [0.15, 0.2) is 4.96 Å². The van der Waals surface area contributed by atoms with Crippen LogP contribution in [0.2, 0.25) is 0 Å². The number of fused-ring (bicyclic) bond motifs is 1. The van der Waals surface area contributed by atoms with Gasteiger partial charge in [-0.05, 0) is 32.6 Å². The van der Waals surface area contributed by atoms with Crippen molar-refractivity contribution in [1.29, 1.82) is 0 Å². The van der Waals surface area contributed by atoms with E-state index in [1.54, 1.807) is 28.1 Å². The first-order valence-electron chi connectivity index (χ1n) is 8.16. The summed E-state index contributed by atoms with van der Waals surface area (Å²) in [6.07, 6.45) is 2.64. The Morgan fingerprint density at radius 2 is 2.24 bits per heavy atom. The molecule has 0 aliphatic heterocycles. The van der Waals surface area contributed by atoms with E-state index >= 15 is 0 Å². The molecule has 132 valence electrons. The van der Waals surface area contributed by atoms with Crippen molar-refractivity contribution in [2.24, 2.45) is 0 Å². The van der Waals surface area contributed by atoms with E-state index < -0.39 is 0 Å². The number of nitrogens with one attached hydrogen (secondary N) is 1. The zero-order valence-electron chi connectivity index (χ0n) is 14.5. The minimum atomic E-state index is -0.304. The molecule has 0 aliphatic carbocycles. The molecule has 2 heterocycles. The third-order valence-corrected chi connectivity index (χ3v) is 4.82. The van der Waals surface area contributed by atoms with E-state index in [1.807, 2.05) is 14.1 Å². The lowest BCUT2D eigenvalue weighted by atomic mass is 10.2. The highest BCUT2D eigenvalue weighted by Gasteiger charge is 2.18. The number of aromatic nitrogens is 2. The normalized spacial score (nSPS) is 12.7. The Balaban J connectivity index is 1.86. The molecular weight excluding hydrogens is 339 g/mol. The highest BCUT2D eigenvalue weighted by molar-refractivity contribution is 7.15. The Bertz CT molecular complexity index is 886. The lowest BCUT2D eigenvalue weighted by Crippen LogP contribution is -2.41. The highest BCUT2D eigenvalue weighted by Crippen LogP contribution is 2.24. The minimum Gasteiger partial charge on any atom is -0.347 e. The maximum absolute atomic E-state index is 13.4. The van der Waals surface area contributed by atoms with Crippen LogP contribution in [0.25, 0.3) is 16.2 Å². The molecule has 1 aromatic carbocycles. The van der Waals surface area contributed by atoms with Crippen LogP contribution < -0.4 is 5.32 Å². The number of likely N-dealkylation sites (N-methyl/N-ethyl adjacent to an activating group) is 1. The lowest BCUT2D eigenvalue weighted by molar-refractivity contribution is 0.0923. The fourth-order valence-corrected chi connectivity index (χ4v) is 3.56. The first-order chi connectivity index (χ1) is 12.0. The maximum atomic E-state index is 13.4. The molecule has 5 nitrogen and oxygen atoms in total. The predicted molar refractivity (Wildman–Crippen MR) is 98.6 cm³/mol. The number of thiazole rings is 1. The molecule has 0 aliphatic rings. The van der Waals surface area contributed by atoms with Crippen LogP contribution in [0.4, 0.5) is 4.39 Å². The average Bonchev–Trinajstić information content (AvgIpc) is 3.13. The maximum Gasteiger partial charge on any atom is 0.269 e. The van der Waals surface area contributed by atoms with Crippen molar-refractivity contribution in [2.45, 2.75) is 19.4 Å². The van der Waals surface area contributed by atoms with Gasteiger partial charge in [-0.2, -0.15) is 0 Å². The summed E-state index contributed by atoms with van der Waals surface area (Å²) in [5.41, 5.74) is 1.90. The van der Waals surface area contributed by atoms with E-state index in [-0.39, 0.29) is 17.8 Å². The van der Waals surface area contributed by atoms with Gasteiger partial charge in [0, 0.05) is 29.7 Å². The van der Waals surface area contributed by atoms with Crippen LogP contribution in [0.15, 0.2) is 35.8 Å². The molecule has 3 rings (SSSR count). The van der Waals surface area contributed by atoms with E-state index in [0.717, 1.165) is 13.0 Å². The molecule has 1 N–H and O–H groups in total. The minimum absolute atomic E-state index is 0.0867. The zero-order valence-corrected chi connectivity index (χ0v) is 15.3. The molecule has 0 spiro atoms. The van der Waals surface area contributed by atoms with Gasteiger partial charge in [0.2, 0.25) is 0 Å². The van der Waals surface area contributed by atoms with Gasteiger partial charge in [-0.1, -0.05) is 19.1 Å². The lowest BCUT2D eigenvalue weighted by Gasteiger charge is -2.20. The standard InChI is InChI=1S/C18H21FN4OS/c1-4-14(9-22(2)3)20-17(24)16-11-25-18-21-15(10-23(16)18)12-6-5-7-13(19)8-12/h5-8,10-11,14H,4,9H2,1-3H3,(H,20,24). The number of imidazole rings is 1. The Labute approximate surface area is 150 Å². The quantitative estimate of drug-likeness (QED) is 0.734. The smallest absolute Gasteiger partial charge is 0.269 e. The summed E-state index contributed by atoms with van der Waals surface area (Å²) >= 11 is 1.40. The van der Waals surface area contributed by atoms with Crippen LogP contribution in [0.5, 0.6) is 0 Å². The molecule has 1 unspecified atom stereocenters. The van der Waals surface area contributed by atoms with Gasteiger partial charge in [-0.15, -0.1) is 11.3 Å². The van der Waals surface area contributed by atoms with Gasteiger partial charge < -0.3 is 10.2 Å². The Morgan fingerprint density at radius 1 is 1.44 bits per heavy atom. The summed E-state index contributed by atoms with van der Waals surface area (Å²) in [6.45, 7) is 2.84. The molecule has 7 heteroatoms. The molecule has 2 aromatic heterocycles. The summed E-state index contributed by atoms with van der Waals surface area (Å²) in [7, 11) is 3.97. The summed E-state index contributed by atoms with van der Waals surface area (Å²) < 4.78 is 15.2. The van der Waals surface area contributed by atoms with Crippen LogP contribution in [0.1, 0.15) is 23.8 Å². The number of hydrogen-bond donors (Lipinski definition) is 1. The summed E-state index contributed by atoms with van der Waals surface area (Å²) in [6, 6.07) is 6.38. The van der Waals surface area contributed by atoms with Crippen molar-refractivity contribution in [2.75, 3.05) is 20.6 Å². The molecule has 0 fully saturated rings. The molecule has 1 amide bonds. The van der Waals surface area contributed by atoms with E-state index in [0.29, 0.717) is 21.9 Å². The molecule has 0 saturated heterocycles. The van der Waals surface area contributed by atoms with Crippen LogP contribution in [0.3, 0.4) is 0 Å². The van der Waals surface area contributed by atoms with Crippen molar-refractivity contribution in [3.05, 3.63) is 47.4 Å². The Morgan fingerprint density at radius 3 is 2.92 bits per heavy atom. The first-order valence-corrected chi connectivity index (χ1v) is 9.04. The van der Waals surface area contributed by atoms with Crippen molar-refractivity contribution in [3.63, 3.8) is 0 Å². The fourth-order valence-electron chi connectivity index (χ4n) is 2.71. The molecular formula is C18H21FN4OS. The molecule has 3 aromatic rings. The number of amides is 1. The first kappa shape index (κ1) is 17.6. The average molecular weight is 360 g/mol. The second-order valence-electron chi connectivity index (χ2n) is 6.25. The molecule has 25 heavy (non-hydrogen) atoms. The van der Waals surface area contributed by atoms with Crippen molar-refractivity contribution < 1.29 is 9.18 Å². The van der Waals surface area contributed by atoms with Gasteiger partial charge in [0.05, 0.1) is 5.69 Å². The van der Waals surface area contributed by atoms with E-state index in [2.05, 4.69) is 22.1 Å². The predicted octanol–water partition coefficient (Wildman–Crippen LogP) is 3.27. The Hall–Kier alpha value is -2.25. The second kappa shape index (κ2) is 7.33. The van der Waals surface area contributed by atoms with Crippen molar-refractivity contribution in [1.82, 2.24) is 19.6 Å². The van der Waals surface area contributed by atoms with Crippen LogP contribution >= 0.6 is 11.3 Å². The SMILES string of the molecule is CCC(CN(C)C)NC(=O)c1csc2nc(-c3cccc(F)c3)cn12. The monoisotopic (exact) mass is 360 g/mol. The van der Waals surface area contributed by atoms with E-state index in [1.165, 1.54) is 23.5 Å². The molecule has 0 saturated carbocycles. The number of carbonyl (C=O) groups is 1. The fraction of sp³-hybridized carbons (Fsp3) is 0.333. The van der Waals surface area contributed by atoms with Crippen LogP contribution in [-0.4, -0.2) is 46.9 Å². The van der Waals surface area contributed by atoms with E-state index in [4.69, 9.17) is 0 Å². The van der Waals surface area contributed by atoms with Crippen molar-refractivity contribution >= 4 is 22.2 Å². The number of benzene rings is 1. The third kappa shape index (κ3) is 3.88. The van der Waals surface area contributed by atoms with Gasteiger partial charge in [-0.25, -0.2) is 9.37 Å². The van der Waals surface area contributed by atoms with Gasteiger partial charge in [-0.3, -0.25) is 9.20 Å². The van der Waals surface area contributed by atoms with Gasteiger partial charge >= 0.3 is 0 Å². The number of halogens is 1. The number of hydrogen-bond acceptors (Lipinski definition) is 4. The second-order valence-corrected chi connectivity index (χ2v) is 7.09. The van der Waals surface area contributed by atoms with Crippen molar-refractivity contribution in [3.8, 4) is 11.3 Å². The summed E-state index contributed by atoms with van der Waals surface area (Å²) in [5, 5.41) is 4.87.